The van der Waals surface area contributed by atoms with Crippen LogP contribution in [0.1, 0.15) is 13.3 Å². The second kappa shape index (κ2) is 4.94. The molecule has 0 aromatic carbocycles. The number of cyclic esters (lactones) is 1. The fourth-order valence-electron chi connectivity index (χ4n) is 1.08. The first-order chi connectivity index (χ1) is 7.04. The fourth-order valence-corrected chi connectivity index (χ4v) is 1.08. The van der Waals surface area contributed by atoms with Gasteiger partial charge in [-0.1, -0.05) is 6.92 Å². The molecule has 0 aliphatic carbocycles. The Bertz CT molecular complexity index is 258. The zero-order chi connectivity index (χ0) is 11.4. The lowest BCUT2D eigenvalue weighted by Gasteiger charge is -2.11. The van der Waals surface area contributed by atoms with Crippen LogP contribution in [-0.4, -0.2) is 42.4 Å². The maximum absolute atomic E-state index is 11.2. The highest BCUT2D eigenvalue weighted by Crippen LogP contribution is 2.07. The molecule has 2 atom stereocenters. The summed E-state index contributed by atoms with van der Waals surface area (Å²) in [5, 5.41) is 0.929. The largest absolute Gasteiger partial charge is 0.461 e. The van der Waals surface area contributed by atoms with Gasteiger partial charge < -0.3 is 15.2 Å². The molecular weight excluding hydrogens is 202 g/mol. The summed E-state index contributed by atoms with van der Waals surface area (Å²) in [5.74, 6) is 4.76. The molecule has 0 aromatic heterocycles. The molecule has 0 spiro atoms. The summed E-state index contributed by atoms with van der Waals surface area (Å²) in [7, 11) is 0. The number of ether oxygens (including phenoxy) is 2. The molecule has 0 unspecified atom stereocenters. The summed E-state index contributed by atoms with van der Waals surface area (Å²) in [6.07, 6.45) is -0.613. The molecule has 7 heteroatoms. The number of nitrogens with zero attached hydrogens (tertiary/aromatic N) is 1. The number of nitrogens with two attached hydrogens (primary N) is 2. The van der Waals surface area contributed by atoms with Gasteiger partial charge in [0, 0.05) is 0 Å². The van der Waals surface area contributed by atoms with Gasteiger partial charge in [-0.15, -0.1) is 0 Å². The molecule has 1 rings (SSSR count). The van der Waals surface area contributed by atoms with Crippen molar-refractivity contribution in [1.29, 1.82) is 0 Å². The van der Waals surface area contributed by atoms with Crippen LogP contribution in [0.4, 0.5) is 4.79 Å². The molecule has 7 nitrogen and oxygen atoms in total. The van der Waals surface area contributed by atoms with Crippen molar-refractivity contribution in [3.05, 3.63) is 0 Å². The van der Waals surface area contributed by atoms with Gasteiger partial charge in [-0.3, -0.25) is 4.79 Å². The van der Waals surface area contributed by atoms with Gasteiger partial charge in [0.1, 0.15) is 12.6 Å². The molecular formula is C8H15N3O4. The van der Waals surface area contributed by atoms with Gasteiger partial charge in [0.25, 0.3) is 0 Å². The van der Waals surface area contributed by atoms with E-state index in [4.69, 9.17) is 21.1 Å². The van der Waals surface area contributed by atoms with E-state index in [2.05, 4.69) is 0 Å². The maximum Gasteiger partial charge on any atom is 0.424 e. The van der Waals surface area contributed by atoms with E-state index in [1.165, 1.54) is 0 Å². The third kappa shape index (κ3) is 3.07. The second-order valence-corrected chi connectivity index (χ2v) is 3.30. The minimum atomic E-state index is -0.629. The molecule has 0 bridgehead atoms. The average molecular weight is 217 g/mol. The smallest absolute Gasteiger partial charge is 0.424 e. The van der Waals surface area contributed by atoms with E-state index in [0.717, 1.165) is 5.01 Å². The highest BCUT2D eigenvalue weighted by atomic mass is 16.6. The summed E-state index contributed by atoms with van der Waals surface area (Å²) in [5.41, 5.74) is 5.44. The molecule has 0 saturated carbocycles. The quantitative estimate of drug-likeness (QED) is 0.354. The Kier molecular flexibility index (Phi) is 3.87. The molecule has 1 aliphatic heterocycles. The number of carbonyl (C=O) groups excluding carboxylic acids is 2. The second-order valence-electron chi connectivity index (χ2n) is 3.30. The molecule has 0 radical (unpaired) electrons. The minimum Gasteiger partial charge on any atom is -0.461 e. The van der Waals surface area contributed by atoms with E-state index in [0.29, 0.717) is 6.42 Å². The molecule has 1 aliphatic rings. The Labute approximate surface area is 87.2 Å². The zero-order valence-corrected chi connectivity index (χ0v) is 8.51. The van der Waals surface area contributed by atoms with Crippen LogP contribution in [0.2, 0.25) is 0 Å². The highest BCUT2D eigenvalue weighted by Gasteiger charge is 2.30. The third-order valence-electron chi connectivity index (χ3n) is 2.06. The predicted molar refractivity (Wildman–Crippen MR) is 50.4 cm³/mol. The Balaban J connectivity index is 2.27. The molecule has 0 aromatic rings. The number of hydrogen-bond acceptors (Lipinski definition) is 6. The number of hydrogen-bond donors (Lipinski definition) is 2. The summed E-state index contributed by atoms with van der Waals surface area (Å²) in [6, 6.07) is -0.629. The monoisotopic (exact) mass is 217 g/mol. The minimum absolute atomic E-state index is 0.00796. The molecule has 1 fully saturated rings. The molecule has 1 saturated heterocycles. The third-order valence-corrected chi connectivity index (χ3v) is 2.06. The Morgan fingerprint density at radius 2 is 2.47 bits per heavy atom. The van der Waals surface area contributed by atoms with Crippen molar-refractivity contribution in [2.75, 3.05) is 13.2 Å². The van der Waals surface area contributed by atoms with Crippen LogP contribution in [0.15, 0.2) is 0 Å². The Hall–Kier alpha value is -1.34. The van der Waals surface area contributed by atoms with Crippen LogP contribution in [0.5, 0.6) is 0 Å². The molecule has 86 valence electrons. The summed E-state index contributed by atoms with van der Waals surface area (Å²) in [4.78, 5) is 22.0. The van der Waals surface area contributed by atoms with E-state index in [1.54, 1.807) is 6.92 Å². The first-order valence-corrected chi connectivity index (χ1v) is 4.69. The first-order valence-electron chi connectivity index (χ1n) is 4.69. The average Bonchev–Trinajstić information content (AvgIpc) is 2.54. The van der Waals surface area contributed by atoms with E-state index in [9.17, 15) is 9.59 Å². The number of esters is 1. The fraction of sp³-hybridized carbons (Fsp3) is 0.750. The van der Waals surface area contributed by atoms with Crippen molar-refractivity contribution >= 4 is 12.1 Å². The van der Waals surface area contributed by atoms with Gasteiger partial charge in [0.05, 0.1) is 6.54 Å². The molecule has 1 amide bonds. The zero-order valence-electron chi connectivity index (χ0n) is 8.51. The maximum atomic E-state index is 11.2. The molecule has 4 N–H and O–H groups in total. The number of rotatable bonds is 4. The SMILES string of the molecule is CC[C@H](N)C(=O)OC[C@H]1CN(N)C(=O)O1. The van der Waals surface area contributed by atoms with Crippen molar-refractivity contribution in [2.45, 2.75) is 25.5 Å². The van der Waals surface area contributed by atoms with Crippen molar-refractivity contribution in [3.8, 4) is 0 Å². The van der Waals surface area contributed by atoms with Crippen molar-refractivity contribution in [3.63, 3.8) is 0 Å². The number of hydrazine groups is 1. The predicted octanol–water partition coefficient (Wildman–Crippen LogP) is -1.04. The Morgan fingerprint density at radius 3 is 2.93 bits per heavy atom. The highest BCUT2D eigenvalue weighted by molar-refractivity contribution is 5.75. The summed E-state index contributed by atoms with van der Waals surface area (Å²) in [6.45, 7) is 1.99. The summed E-state index contributed by atoms with van der Waals surface area (Å²) < 4.78 is 9.63. The van der Waals surface area contributed by atoms with Crippen molar-refractivity contribution < 1.29 is 19.1 Å². The number of amides is 1. The van der Waals surface area contributed by atoms with Crippen LogP contribution < -0.4 is 11.6 Å². The standard InChI is InChI=1S/C8H15N3O4/c1-2-6(9)7(12)14-4-5-3-11(10)8(13)15-5/h5-6H,2-4,9-10H2,1H3/t5-,6+/m1/s1. The topological polar surface area (TPSA) is 108 Å². The van der Waals surface area contributed by atoms with Crippen molar-refractivity contribution in [1.82, 2.24) is 5.01 Å². The summed E-state index contributed by atoms with van der Waals surface area (Å²) >= 11 is 0. The van der Waals surface area contributed by atoms with E-state index < -0.39 is 24.2 Å². The van der Waals surface area contributed by atoms with Crippen LogP contribution in [0.3, 0.4) is 0 Å². The van der Waals surface area contributed by atoms with Crippen LogP contribution in [0, 0.1) is 0 Å². The van der Waals surface area contributed by atoms with Gasteiger partial charge in [0.15, 0.2) is 6.10 Å². The van der Waals surface area contributed by atoms with Crippen LogP contribution >= 0.6 is 0 Å². The van der Waals surface area contributed by atoms with Gasteiger partial charge in [-0.2, -0.15) is 0 Å². The molecule has 1 heterocycles. The van der Waals surface area contributed by atoms with E-state index in [-0.39, 0.29) is 13.2 Å². The lowest BCUT2D eigenvalue weighted by molar-refractivity contribution is -0.147. The van der Waals surface area contributed by atoms with E-state index >= 15 is 0 Å². The lowest BCUT2D eigenvalue weighted by Crippen LogP contribution is -2.35. The van der Waals surface area contributed by atoms with E-state index in [1.807, 2.05) is 0 Å². The van der Waals surface area contributed by atoms with Crippen molar-refractivity contribution in [2.24, 2.45) is 11.6 Å². The lowest BCUT2D eigenvalue weighted by atomic mass is 10.2. The Morgan fingerprint density at radius 1 is 1.80 bits per heavy atom. The number of carbonyl (C=O) groups is 2. The molecule has 15 heavy (non-hydrogen) atoms. The van der Waals surface area contributed by atoms with Gasteiger partial charge in [0.2, 0.25) is 0 Å². The van der Waals surface area contributed by atoms with Gasteiger partial charge in [-0.25, -0.2) is 15.6 Å². The first kappa shape index (κ1) is 11.7. The van der Waals surface area contributed by atoms with Crippen LogP contribution in [-0.2, 0) is 14.3 Å². The normalized spacial score (nSPS) is 22.5. The van der Waals surface area contributed by atoms with Gasteiger partial charge in [-0.05, 0) is 6.42 Å². The van der Waals surface area contributed by atoms with Gasteiger partial charge >= 0.3 is 12.1 Å². The van der Waals surface area contributed by atoms with Crippen LogP contribution in [0.25, 0.3) is 0 Å².